The van der Waals surface area contributed by atoms with Crippen LogP contribution in [0.2, 0.25) is 0 Å². The molecule has 0 atom stereocenters. The van der Waals surface area contributed by atoms with Crippen LogP contribution in [0.15, 0.2) is 0 Å². The van der Waals surface area contributed by atoms with E-state index in [1.165, 1.54) is 19.4 Å². The van der Waals surface area contributed by atoms with Crippen LogP contribution in [0.5, 0.6) is 0 Å². The third-order valence-corrected chi connectivity index (χ3v) is 3.88. The number of amidine groups is 1. The van der Waals surface area contributed by atoms with Gasteiger partial charge in [-0.2, -0.15) is 0 Å². The van der Waals surface area contributed by atoms with Gasteiger partial charge in [-0.05, 0) is 44.7 Å². The Balaban J connectivity index is 1.70. The quantitative estimate of drug-likeness (QED) is 0.557. The minimum Gasteiger partial charge on any atom is -0.387 e. The van der Waals surface area contributed by atoms with Crippen molar-refractivity contribution >= 4 is 5.84 Å². The summed E-state index contributed by atoms with van der Waals surface area (Å²) in [4.78, 5) is 2.54. The fraction of sp³-hybridized carbons (Fsp3) is 0.917. The summed E-state index contributed by atoms with van der Waals surface area (Å²) in [6, 6.07) is 0. The number of nitrogens with two attached hydrogens (primary N) is 1. The first-order valence-corrected chi connectivity index (χ1v) is 6.39. The Morgan fingerprint density at radius 3 is 2.38 bits per heavy atom. The lowest BCUT2D eigenvalue weighted by Crippen LogP contribution is -2.41. The van der Waals surface area contributed by atoms with E-state index >= 15 is 0 Å². The van der Waals surface area contributed by atoms with Gasteiger partial charge in [-0.1, -0.05) is 0 Å². The lowest BCUT2D eigenvalue weighted by Gasteiger charge is -2.34. The molecule has 0 amide bonds. The van der Waals surface area contributed by atoms with Gasteiger partial charge in [0, 0.05) is 25.7 Å². The van der Waals surface area contributed by atoms with Gasteiger partial charge in [-0.3, -0.25) is 5.41 Å². The second kappa shape index (κ2) is 5.64. The molecular formula is C12H23N3O. The van der Waals surface area contributed by atoms with Crippen molar-refractivity contribution in [1.82, 2.24) is 4.90 Å². The van der Waals surface area contributed by atoms with E-state index in [0.717, 1.165) is 45.1 Å². The van der Waals surface area contributed by atoms with E-state index in [9.17, 15) is 0 Å². The highest BCUT2D eigenvalue weighted by atomic mass is 16.5. The highest BCUT2D eigenvalue weighted by molar-refractivity contribution is 5.79. The number of ether oxygens (including phenoxy) is 1. The zero-order chi connectivity index (χ0) is 11.4. The van der Waals surface area contributed by atoms with Crippen LogP contribution >= 0.6 is 0 Å². The summed E-state index contributed by atoms with van der Waals surface area (Å²) in [6.07, 6.45) is 4.57. The monoisotopic (exact) mass is 225 g/mol. The average Bonchev–Trinajstić information content (AvgIpc) is 2.31. The number of likely N-dealkylation sites (tertiary alicyclic amines) is 1. The first-order chi connectivity index (χ1) is 7.75. The van der Waals surface area contributed by atoms with Gasteiger partial charge >= 0.3 is 0 Å². The molecule has 0 aromatic heterocycles. The first kappa shape index (κ1) is 11.9. The molecule has 92 valence electrons. The van der Waals surface area contributed by atoms with Crippen molar-refractivity contribution in [2.75, 3.05) is 32.8 Å². The van der Waals surface area contributed by atoms with E-state index in [1.807, 2.05) is 0 Å². The Hall–Kier alpha value is -0.610. The number of nitrogens with zero attached hydrogens (tertiary/aromatic N) is 1. The Kier molecular flexibility index (Phi) is 4.18. The van der Waals surface area contributed by atoms with Gasteiger partial charge in [0.25, 0.3) is 0 Å². The number of hydrogen-bond acceptors (Lipinski definition) is 3. The van der Waals surface area contributed by atoms with Gasteiger partial charge in [0.2, 0.25) is 0 Å². The minimum atomic E-state index is 0.339. The Morgan fingerprint density at radius 1 is 1.19 bits per heavy atom. The molecule has 4 nitrogen and oxygen atoms in total. The molecule has 0 aliphatic carbocycles. The molecule has 2 aliphatic heterocycles. The Labute approximate surface area is 97.6 Å². The van der Waals surface area contributed by atoms with E-state index in [0.29, 0.717) is 11.8 Å². The molecule has 16 heavy (non-hydrogen) atoms. The van der Waals surface area contributed by atoms with Gasteiger partial charge in [-0.25, -0.2) is 0 Å². The van der Waals surface area contributed by atoms with Crippen molar-refractivity contribution in [3.05, 3.63) is 0 Å². The molecule has 0 aromatic carbocycles. The maximum atomic E-state index is 7.45. The Bertz CT molecular complexity index is 230. The molecule has 3 N–H and O–H groups in total. The average molecular weight is 225 g/mol. The fourth-order valence-corrected chi connectivity index (χ4v) is 2.72. The summed E-state index contributed by atoms with van der Waals surface area (Å²) in [5, 5.41) is 7.45. The molecule has 2 rings (SSSR count). The lowest BCUT2D eigenvalue weighted by atomic mass is 9.93. The summed E-state index contributed by atoms with van der Waals surface area (Å²) in [7, 11) is 0. The fourth-order valence-electron chi connectivity index (χ4n) is 2.72. The van der Waals surface area contributed by atoms with Crippen molar-refractivity contribution in [2.24, 2.45) is 17.6 Å². The summed E-state index contributed by atoms with van der Waals surface area (Å²) in [6.45, 7) is 5.32. The topological polar surface area (TPSA) is 62.3 Å². The van der Waals surface area contributed by atoms with Crippen LogP contribution in [0, 0.1) is 17.2 Å². The predicted octanol–water partition coefficient (Wildman–Crippen LogP) is 1.06. The van der Waals surface area contributed by atoms with Gasteiger partial charge in [0.05, 0.1) is 5.84 Å². The summed E-state index contributed by atoms with van der Waals surface area (Å²) in [5.41, 5.74) is 5.55. The molecule has 0 radical (unpaired) electrons. The second-order valence-corrected chi connectivity index (χ2v) is 5.09. The SMILES string of the molecule is N=C(N)C1CCN(CC2CCOCC2)CC1. The van der Waals surface area contributed by atoms with E-state index in [4.69, 9.17) is 15.9 Å². The van der Waals surface area contributed by atoms with Crippen LogP contribution in [0.25, 0.3) is 0 Å². The molecule has 0 bridgehead atoms. The summed E-state index contributed by atoms with van der Waals surface area (Å²) < 4.78 is 5.37. The van der Waals surface area contributed by atoms with Crippen LogP contribution in [-0.2, 0) is 4.74 Å². The van der Waals surface area contributed by atoms with Crippen LogP contribution < -0.4 is 5.73 Å². The van der Waals surface area contributed by atoms with E-state index < -0.39 is 0 Å². The maximum Gasteiger partial charge on any atom is 0.0937 e. The van der Waals surface area contributed by atoms with Crippen LogP contribution in [-0.4, -0.2) is 43.6 Å². The molecule has 4 heteroatoms. The third-order valence-electron chi connectivity index (χ3n) is 3.88. The molecule has 2 saturated heterocycles. The Morgan fingerprint density at radius 2 is 1.81 bits per heavy atom. The van der Waals surface area contributed by atoms with Crippen molar-refractivity contribution in [3.8, 4) is 0 Å². The normalized spacial score (nSPS) is 25.8. The zero-order valence-corrected chi connectivity index (χ0v) is 9.95. The highest BCUT2D eigenvalue weighted by Gasteiger charge is 2.23. The van der Waals surface area contributed by atoms with Gasteiger partial charge in [0.15, 0.2) is 0 Å². The molecule has 0 aromatic rings. The van der Waals surface area contributed by atoms with Crippen LogP contribution in [0.3, 0.4) is 0 Å². The van der Waals surface area contributed by atoms with Crippen LogP contribution in [0.4, 0.5) is 0 Å². The molecule has 0 spiro atoms. The van der Waals surface area contributed by atoms with Gasteiger partial charge in [-0.15, -0.1) is 0 Å². The van der Waals surface area contributed by atoms with Crippen LogP contribution in [0.1, 0.15) is 25.7 Å². The van der Waals surface area contributed by atoms with Gasteiger partial charge < -0.3 is 15.4 Å². The van der Waals surface area contributed by atoms with Crippen molar-refractivity contribution in [3.63, 3.8) is 0 Å². The summed E-state index contributed by atoms with van der Waals surface area (Å²) in [5.74, 6) is 1.54. The number of hydrogen-bond donors (Lipinski definition) is 2. The first-order valence-electron chi connectivity index (χ1n) is 6.39. The lowest BCUT2D eigenvalue weighted by molar-refractivity contribution is 0.0485. The largest absolute Gasteiger partial charge is 0.387 e. The smallest absolute Gasteiger partial charge is 0.0937 e. The highest BCUT2D eigenvalue weighted by Crippen LogP contribution is 2.21. The van der Waals surface area contributed by atoms with Crippen molar-refractivity contribution in [2.45, 2.75) is 25.7 Å². The molecule has 0 unspecified atom stereocenters. The molecule has 0 saturated carbocycles. The summed E-state index contributed by atoms with van der Waals surface area (Å²) >= 11 is 0. The number of nitrogens with one attached hydrogen (secondary N) is 1. The predicted molar refractivity (Wildman–Crippen MR) is 64.6 cm³/mol. The van der Waals surface area contributed by atoms with Gasteiger partial charge in [0.1, 0.15) is 0 Å². The maximum absolute atomic E-state index is 7.45. The molecular weight excluding hydrogens is 202 g/mol. The molecule has 2 aliphatic rings. The third kappa shape index (κ3) is 3.19. The van der Waals surface area contributed by atoms with E-state index in [2.05, 4.69) is 4.90 Å². The molecule has 2 heterocycles. The van der Waals surface area contributed by atoms with E-state index in [-0.39, 0.29) is 0 Å². The number of piperidine rings is 1. The number of rotatable bonds is 3. The van der Waals surface area contributed by atoms with E-state index in [1.54, 1.807) is 0 Å². The standard InChI is InChI=1S/C12H23N3O/c13-12(14)11-1-5-15(6-2-11)9-10-3-7-16-8-4-10/h10-11H,1-9H2,(H3,13,14). The van der Waals surface area contributed by atoms with Crippen molar-refractivity contribution in [1.29, 1.82) is 5.41 Å². The minimum absolute atomic E-state index is 0.339. The van der Waals surface area contributed by atoms with Crippen molar-refractivity contribution < 1.29 is 4.74 Å². The zero-order valence-electron chi connectivity index (χ0n) is 9.95. The molecule has 2 fully saturated rings. The second-order valence-electron chi connectivity index (χ2n) is 5.09.